The Labute approximate surface area is 145 Å². The van der Waals surface area contributed by atoms with Gasteiger partial charge < -0.3 is 9.88 Å². The molecule has 128 valence electrons. The van der Waals surface area contributed by atoms with Gasteiger partial charge in [0.15, 0.2) is 0 Å². The molecule has 24 heavy (non-hydrogen) atoms. The number of hydrogen-bond donors (Lipinski definition) is 1. The number of carbonyl (C=O) groups is 1. The van der Waals surface area contributed by atoms with E-state index in [1.54, 1.807) is 47.1 Å². The standard InChI is InChI=1S/C16H19N3O3S2/c1-23-13-4-6-14(7-5-13)24(21,22)19-11-9-18(10-12-19)16(20)15-3-2-8-17-15/h2-8,17H,9-12H2,1H3. The van der Waals surface area contributed by atoms with Crippen molar-refractivity contribution in [3.05, 3.63) is 48.3 Å². The summed E-state index contributed by atoms with van der Waals surface area (Å²) in [6.07, 6.45) is 3.65. The van der Waals surface area contributed by atoms with Crippen LogP contribution >= 0.6 is 11.8 Å². The van der Waals surface area contributed by atoms with Gasteiger partial charge in [0.05, 0.1) is 4.90 Å². The van der Waals surface area contributed by atoms with Crippen LogP contribution in [0.15, 0.2) is 52.4 Å². The molecule has 0 spiro atoms. The van der Waals surface area contributed by atoms with E-state index in [0.29, 0.717) is 36.8 Å². The molecule has 1 aliphatic heterocycles. The van der Waals surface area contributed by atoms with Crippen molar-refractivity contribution in [1.29, 1.82) is 0 Å². The Morgan fingerprint density at radius 3 is 2.29 bits per heavy atom. The highest BCUT2D eigenvalue weighted by Gasteiger charge is 2.30. The molecule has 1 aliphatic rings. The number of nitrogens with one attached hydrogen (secondary N) is 1. The lowest BCUT2D eigenvalue weighted by Crippen LogP contribution is -2.50. The average Bonchev–Trinajstić information content (AvgIpc) is 3.16. The Balaban J connectivity index is 1.68. The minimum atomic E-state index is -3.51. The van der Waals surface area contributed by atoms with Crippen molar-refractivity contribution in [3.63, 3.8) is 0 Å². The van der Waals surface area contributed by atoms with E-state index in [1.807, 2.05) is 18.4 Å². The Morgan fingerprint density at radius 2 is 1.75 bits per heavy atom. The smallest absolute Gasteiger partial charge is 0.270 e. The molecule has 1 amide bonds. The monoisotopic (exact) mass is 365 g/mol. The Kier molecular flexibility index (Phi) is 4.98. The van der Waals surface area contributed by atoms with Crippen molar-refractivity contribution in [1.82, 2.24) is 14.2 Å². The summed E-state index contributed by atoms with van der Waals surface area (Å²) in [6.45, 7) is 1.39. The lowest BCUT2D eigenvalue weighted by molar-refractivity contribution is 0.0692. The molecule has 0 bridgehead atoms. The topological polar surface area (TPSA) is 73.5 Å². The minimum absolute atomic E-state index is 0.0960. The van der Waals surface area contributed by atoms with Gasteiger partial charge in [-0.1, -0.05) is 0 Å². The van der Waals surface area contributed by atoms with Crippen molar-refractivity contribution >= 4 is 27.7 Å². The maximum atomic E-state index is 12.7. The zero-order chi connectivity index (χ0) is 17.2. The molecule has 3 rings (SSSR count). The van der Waals surface area contributed by atoms with Crippen molar-refractivity contribution in [2.75, 3.05) is 32.4 Å². The van der Waals surface area contributed by atoms with Crippen LogP contribution in [0.1, 0.15) is 10.5 Å². The predicted octanol–water partition coefficient (Wildman–Crippen LogP) is 1.88. The average molecular weight is 365 g/mol. The van der Waals surface area contributed by atoms with Gasteiger partial charge in [0.25, 0.3) is 5.91 Å². The van der Waals surface area contributed by atoms with E-state index in [4.69, 9.17) is 0 Å². The number of amides is 1. The first kappa shape index (κ1) is 17.1. The summed E-state index contributed by atoms with van der Waals surface area (Å²) in [5.74, 6) is -0.0960. The van der Waals surface area contributed by atoms with E-state index >= 15 is 0 Å². The largest absolute Gasteiger partial charge is 0.357 e. The van der Waals surface area contributed by atoms with Crippen LogP contribution in [0.2, 0.25) is 0 Å². The van der Waals surface area contributed by atoms with Crippen LogP contribution in [0.25, 0.3) is 0 Å². The molecule has 2 heterocycles. The molecule has 1 saturated heterocycles. The van der Waals surface area contributed by atoms with Gasteiger partial charge in [-0.3, -0.25) is 4.79 Å². The number of H-pyrrole nitrogens is 1. The fourth-order valence-corrected chi connectivity index (χ4v) is 4.49. The molecule has 1 aromatic heterocycles. The molecular formula is C16H19N3O3S2. The summed E-state index contributed by atoms with van der Waals surface area (Å²) in [6, 6.07) is 10.4. The summed E-state index contributed by atoms with van der Waals surface area (Å²) < 4.78 is 26.8. The molecule has 8 heteroatoms. The van der Waals surface area contributed by atoms with E-state index in [-0.39, 0.29) is 5.91 Å². The van der Waals surface area contributed by atoms with E-state index < -0.39 is 10.0 Å². The third-order valence-electron chi connectivity index (χ3n) is 4.05. The first-order chi connectivity index (χ1) is 11.5. The Bertz CT molecular complexity index is 794. The highest BCUT2D eigenvalue weighted by Crippen LogP contribution is 2.21. The van der Waals surface area contributed by atoms with Gasteiger partial charge in [0.2, 0.25) is 10.0 Å². The summed E-state index contributed by atoms with van der Waals surface area (Å²) >= 11 is 1.57. The number of nitrogens with zero attached hydrogens (tertiary/aromatic N) is 2. The summed E-state index contributed by atoms with van der Waals surface area (Å²) in [5.41, 5.74) is 0.527. The van der Waals surface area contributed by atoms with Gasteiger partial charge in [-0.15, -0.1) is 11.8 Å². The molecule has 1 aromatic carbocycles. The normalized spacial score (nSPS) is 16.3. The summed E-state index contributed by atoms with van der Waals surface area (Å²) in [5, 5.41) is 0. The fraction of sp³-hybridized carbons (Fsp3) is 0.312. The lowest BCUT2D eigenvalue weighted by atomic mass is 10.3. The number of carbonyl (C=O) groups excluding carboxylic acids is 1. The molecule has 0 saturated carbocycles. The maximum Gasteiger partial charge on any atom is 0.270 e. The highest BCUT2D eigenvalue weighted by molar-refractivity contribution is 7.98. The number of benzene rings is 1. The maximum absolute atomic E-state index is 12.7. The number of aromatic amines is 1. The third-order valence-corrected chi connectivity index (χ3v) is 6.71. The molecule has 0 aliphatic carbocycles. The molecule has 0 radical (unpaired) electrons. The number of piperazine rings is 1. The van der Waals surface area contributed by atoms with Crippen LogP contribution in [0.5, 0.6) is 0 Å². The molecule has 0 atom stereocenters. The predicted molar refractivity (Wildman–Crippen MR) is 93.7 cm³/mol. The van der Waals surface area contributed by atoms with Gasteiger partial charge in [0, 0.05) is 37.3 Å². The second-order valence-electron chi connectivity index (χ2n) is 5.46. The van der Waals surface area contributed by atoms with E-state index in [2.05, 4.69) is 4.98 Å². The molecule has 0 unspecified atom stereocenters. The number of aromatic nitrogens is 1. The summed E-state index contributed by atoms with van der Waals surface area (Å²) in [7, 11) is -3.51. The van der Waals surface area contributed by atoms with Crippen LogP contribution in [0.3, 0.4) is 0 Å². The zero-order valence-corrected chi connectivity index (χ0v) is 14.9. The highest BCUT2D eigenvalue weighted by atomic mass is 32.2. The quantitative estimate of drug-likeness (QED) is 0.840. The number of sulfonamides is 1. The first-order valence-corrected chi connectivity index (χ1v) is 10.3. The SMILES string of the molecule is CSc1ccc(S(=O)(=O)N2CCN(C(=O)c3ccc[nH]3)CC2)cc1. The fourth-order valence-electron chi connectivity index (χ4n) is 2.66. The number of rotatable bonds is 4. The second-order valence-corrected chi connectivity index (χ2v) is 8.27. The van der Waals surface area contributed by atoms with Crippen LogP contribution < -0.4 is 0 Å². The molecule has 6 nitrogen and oxygen atoms in total. The summed E-state index contributed by atoms with van der Waals surface area (Å²) in [4.78, 5) is 18.2. The van der Waals surface area contributed by atoms with Crippen molar-refractivity contribution in [2.45, 2.75) is 9.79 Å². The van der Waals surface area contributed by atoms with Gasteiger partial charge >= 0.3 is 0 Å². The first-order valence-electron chi connectivity index (χ1n) is 7.59. The lowest BCUT2D eigenvalue weighted by Gasteiger charge is -2.33. The van der Waals surface area contributed by atoms with Crippen LogP contribution in [-0.2, 0) is 10.0 Å². The molecule has 1 fully saturated rings. The van der Waals surface area contributed by atoms with Crippen molar-refractivity contribution in [3.8, 4) is 0 Å². The number of hydrogen-bond acceptors (Lipinski definition) is 4. The minimum Gasteiger partial charge on any atom is -0.357 e. The van der Waals surface area contributed by atoms with Crippen LogP contribution in [0.4, 0.5) is 0 Å². The van der Waals surface area contributed by atoms with Crippen LogP contribution in [-0.4, -0.2) is 60.9 Å². The molecule has 1 N–H and O–H groups in total. The second kappa shape index (κ2) is 7.00. The zero-order valence-electron chi connectivity index (χ0n) is 13.3. The van der Waals surface area contributed by atoms with Crippen LogP contribution in [0, 0.1) is 0 Å². The van der Waals surface area contributed by atoms with Gasteiger partial charge in [-0.05, 0) is 42.7 Å². The van der Waals surface area contributed by atoms with E-state index in [9.17, 15) is 13.2 Å². The van der Waals surface area contributed by atoms with Crippen molar-refractivity contribution < 1.29 is 13.2 Å². The Morgan fingerprint density at radius 1 is 1.08 bits per heavy atom. The van der Waals surface area contributed by atoms with Crippen molar-refractivity contribution in [2.24, 2.45) is 0 Å². The third kappa shape index (κ3) is 3.35. The Hall–Kier alpha value is -1.77. The van der Waals surface area contributed by atoms with Gasteiger partial charge in [0.1, 0.15) is 5.69 Å². The van der Waals surface area contributed by atoms with Gasteiger partial charge in [-0.2, -0.15) is 4.31 Å². The molecule has 2 aromatic rings. The number of thioether (sulfide) groups is 1. The molecular weight excluding hydrogens is 346 g/mol. The van der Waals surface area contributed by atoms with E-state index in [0.717, 1.165) is 4.90 Å². The van der Waals surface area contributed by atoms with E-state index in [1.165, 1.54) is 4.31 Å². The van der Waals surface area contributed by atoms with Gasteiger partial charge in [-0.25, -0.2) is 8.42 Å².